The summed E-state index contributed by atoms with van der Waals surface area (Å²) in [6.45, 7) is 15.7. The summed E-state index contributed by atoms with van der Waals surface area (Å²) >= 11 is 0. The fourth-order valence-electron chi connectivity index (χ4n) is 13.3. The summed E-state index contributed by atoms with van der Waals surface area (Å²) in [4.78, 5) is 0. The Morgan fingerprint density at radius 2 is 0.690 bits per heavy atom. The van der Waals surface area contributed by atoms with Crippen molar-refractivity contribution < 1.29 is 27.9 Å². The summed E-state index contributed by atoms with van der Waals surface area (Å²) in [5, 5.41) is 9.98. The molecule has 11 aromatic rings. The molecule has 6 nitrogen and oxygen atoms in total. The molecule has 0 N–H and O–H groups in total. The van der Waals surface area contributed by atoms with Gasteiger partial charge in [-0.3, -0.25) is 0 Å². The lowest BCUT2D eigenvalue weighted by Crippen LogP contribution is -2.42. The van der Waals surface area contributed by atoms with Crippen LogP contribution in [-0.4, -0.2) is 0 Å². The lowest BCUT2D eigenvalue weighted by Gasteiger charge is -2.20. The van der Waals surface area contributed by atoms with Gasteiger partial charge >= 0.3 is 0 Å². The summed E-state index contributed by atoms with van der Waals surface area (Å²) < 4.78 is 25.7. The minimum absolute atomic E-state index is 0.0249. The molecule has 6 heterocycles. The molecule has 8 aromatic carbocycles. The van der Waals surface area contributed by atoms with Gasteiger partial charge < -0.3 is 14.2 Å². The predicted octanol–water partition coefficient (Wildman–Crippen LogP) is 13.7. The Hall–Kier alpha value is -8.09. The Balaban J connectivity index is 0.0000000959. The van der Waals surface area contributed by atoms with Gasteiger partial charge in [0, 0.05) is 78.1 Å². The lowest BCUT2D eigenvalue weighted by atomic mass is 9.81. The number of ether oxygens (including phenoxy) is 3. The highest BCUT2D eigenvalue weighted by Gasteiger charge is 2.49. The summed E-state index contributed by atoms with van der Waals surface area (Å²) in [5.74, 6) is 3.16. The SMILES string of the molecule is CC1(C)c2cc3ccccc3c3c2-c2c1cc1ccccc1[n+]2CO3.CC1(C)c2cc3ccccc3c3c2-c2c1cc1ccccc1[n+]2CO3.CC1(C)c2cc3ccccc3c3c2-c2c1ccc[n+]2CO3. The van der Waals surface area contributed by atoms with Gasteiger partial charge in [-0.15, -0.1) is 0 Å². The van der Waals surface area contributed by atoms with Gasteiger partial charge in [0.15, 0.2) is 6.20 Å². The number of aromatic nitrogens is 3. The average molecular weight is 923 g/mol. The van der Waals surface area contributed by atoms with Crippen LogP contribution in [0, 0.1) is 0 Å². The van der Waals surface area contributed by atoms with Crippen molar-refractivity contribution in [3.63, 3.8) is 0 Å². The minimum Gasteiger partial charge on any atom is -0.434 e. The molecular formula is C65H52N3O3+3. The van der Waals surface area contributed by atoms with Gasteiger partial charge in [-0.05, 0) is 81.4 Å². The van der Waals surface area contributed by atoms with Crippen LogP contribution in [0.25, 0.3) is 87.9 Å². The molecule has 0 spiro atoms. The minimum atomic E-state index is -0.0249. The van der Waals surface area contributed by atoms with Gasteiger partial charge in [0.25, 0.3) is 20.2 Å². The van der Waals surface area contributed by atoms with Gasteiger partial charge in [-0.1, -0.05) is 139 Å². The van der Waals surface area contributed by atoms with E-state index >= 15 is 0 Å². The zero-order valence-electron chi connectivity index (χ0n) is 40.9. The summed E-state index contributed by atoms with van der Waals surface area (Å²) in [7, 11) is 0. The summed E-state index contributed by atoms with van der Waals surface area (Å²) in [6, 6.07) is 59.1. The fraction of sp³-hybridized carbons (Fsp3) is 0.185. The van der Waals surface area contributed by atoms with Gasteiger partial charge in [0.2, 0.25) is 28.1 Å². The van der Waals surface area contributed by atoms with Gasteiger partial charge in [0.1, 0.15) is 17.2 Å². The lowest BCUT2D eigenvalue weighted by molar-refractivity contribution is -0.717. The van der Waals surface area contributed by atoms with Crippen molar-refractivity contribution >= 4 is 54.1 Å². The Labute approximate surface area is 412 Å². The Morgan fingerprint density at radius 3 is 1.14 bits per heavy atom. The van der Waals surface area contributed by atoms with Crippen LogP contribution in [0.3, 0.4) is 0 Å². The molecule has 3 aliphatic carbocycles. The van der Waals surface area contributed by atoms with Crippen LogP contribution < -0.4 is 27.9 Å². The largest absolute Gasteiger partial charge is 0.434 e. The molecule has 6 aliphatic rings. The zero-order valence-corrected chi connectivity index (χ0v) is 40.9. The third-order valence-corrected chi connectivity index (χ3v) is 17.0. The third-order valence-electron chi connectivity index (χ3n) is 17.0. The molecule has 3 aliphatic heterocycles. The maximum Gasteiger partial charge on any atom is 0.293 e. The second kappa shape index (κ2) is 14.0. The molecule has 0 unspecified atom stereocenters. The second-order valence-electron chi connectivity index (χ2n) is 21.8. The molecule has 17 rings (SSSR count). The average Bonchev–Trinajstić information content (AvgIpc) is 3.88. The molecule has 0 bridgehead atoms. The Morgan fingerprint density at radius 1 is 0.338 bits per heavy atom. The molecule has 3 aromatic heterocycles. The molecule has 6 heteroatoms. The first kappa shape index (κ1) is 40.8. The fourth-order valence-corrected chi connectivity index (χ4v) is 13.3. The van der Waals surface area contributed by atoms with Crippen molar-refractivity contribution in [2.75, 3.05) is 0 Å². The molecule has 0 atom stereocenters. The van der Waals surface area contributed by atoms with E-state index in [1.54, 1.807) is 0 Å². The van der Waals surface area contributed by atoms with Gasteiger partial charge in [0.05, 0.1) is 16.7 Å². The van der Waals surface area contributed by atoms with E-state index < -0.39 is 0 Å². The number of para-hydroxylation sites is 2. The van der Waals surface area contributed by atoms with E-state index in [1.807, 2.05) is 0 Å². The van der Waals surface area contributed by atoms with Crippen LogP contribution in [0.5, 0.6) is 17.2 Å². The van der Waals surface area contributed by atoms with E-state index in [-0.39, 0.29) is 16.2 Å². The first-order valence-corrected chi connectivity index (χ1v) is 25.0. The quantitative estimate of drug-likeness (QED) is 0.142. The topological polar surface area (TPSA) is 39.3 Å². The van der Waals surface area contributed by atoms with E-state index in [9.17, 15) is 0 Å². The molecule has 0 radical (unpaired) electrons. The molecular weight excluding hydrogens is 871 g/mol. The number of hydrogen-bond donors (Lipinski definition) is 0. The first-order valence-electron chi connectivity index (χ1n) is 25.0. The molecule has 0 saturated carbocycles. The monoisotopic (exact) mass is 922 g/mol. The van der Waals surface area contributed by atoms with Gasteiger partial charge in [-0.25, -0.2) is 0 Å². The number of benzene rings is 8. The number of pyridine rings is 3. The van der Waals surface area contributed by atoms with E-state index in [0.717, 1.165) is 17.2 Å². The number of rotatable bonds is 0. The predicted molar refractivity (Wildman–Crippen MR) is 282 cm³/mol. The number of hydrogen-bond acceptors (Lipinski definition) is 3. The maximum absolute atomic E-state index is 6.34. The normalized spacial score (nSPS) is 16.3. The van der Waals surface area contributed by atoms with Crippen molar-refractivity contribution in [2.45, 2.75) is 78.0 Å². The van der Waals surface area contributed by atoms with Crippen molar-refractivity contribution in [1.29, 1.82) is 0 Å². The highest BCUT2D eigenvalue weighted by Crippen LogP contribution is 2.57. The van der Waals surface area contributed by atoms with Crippen molar-refractivity contribution in [2.24, 2.45) is 0 Å². The van der Waals surface area contributed by atoms with E-state index in [4.69, 9.17) is 14.2 Å². The third kappa shape index (κ3) is 5.34. The number of nitrogens with zero attached hydrogens (tertiary/aromatic N) is 3. The van der Waals surface area contributed by atoms with E-state index in [0.29, 0.717) is 20.2 Å². The Bertz CT molecular complexity index is 3840. The maximum atomic E-state index is 6.34. The zero-order chi connectivity index (χ0) is 47.7. The van der Waals surface area contributed by atoms with Crippen LogP contribution in [0.15, 0.2) is 170 Å². The van der Waals surface area contributed by atoms with Crippen LogP contribution in [-0.2, 0) is 36.4 Å². The van der Waals surface area contributed by atoms with Crippen LogP contribution >= 0.6 is 0 Å². The standard InChI is InChI=1S/2C23H18NO.C19H16NO/c2*1-23(2)17-11-14-7-3-5-9-16(14)22-20(17)21-18(23)12-15-8-4-6-10-19(15)24(21)13-25-22;1-19(2)14-8-5-9-20-11-21-18-13-7-4-3-6-12(13)10-15(19)16(18)17(14)20/h2*3-12H,13H2,1-2H3;3-10H,11H2,1-2H3/q3*+1. The highest BCUT2D eigenvalue weighted by atomic mass is 16.5. The van der Waals surface area contributed by atoms with E-state index in [2.05, 4.69) is 225 Å². The first-order chi connectivity index (χ1) is 34.5. The Kier molecular flexibility index (Phi) is 8.06. The molecule has 0 amide bonds. The van der Waals surface area contributed by atoms with Crippen LogP contribution in [0.1, 0.15) is 74.9 Å². The van der Waals surface area contributed by atoms with Crippen molar-refractivity contribution in [3.8, 4) is 51.0 Å². The van der Waals surface area contributed by atoms with Crippen molar-refractivity contribution in [1.82, 2.24) is 0 Å². The summed E-state index contributed by atoms with van der Waals surface area (Å²) in [6.07, 6.45) is 2.11. The van der Waals surface area contributed by atoms with E-state index in [1.165, 1.54) is 121 Å². The number of fused-ring (bicyclic) bond motifs is 10. The van der Waals surface area contributed by atoms with Crippen molar-refractivity contribution in [3.05, 3.63) is 203 Å². The molecule has 342 valence electrons. The smallest absolute Gasteiger partial charge is 0.293 e. The highest BCUT2D eigenvalue weighted by molar-refractivity contribution is 6.02. The molecule has 0 saturated heterocycles. The second-order valence-corrected chi connectivity index (χ2v) is 21.8. The van der Waals surface area contributed by atoms with Crippen LogP contribution in [0.2, 0.25) is 0 Å². The van der Waals surface area contributed by atoms with Crippen LogP contribution in [0.4, 0.5) is 0 Å². The molecule has 0 fully saturated rings. The summed E-state index contributed by atoms with van der Waals surface area (Å²) in [5.41, 5.74) is 18.7. The van der Waals surface area contributed by atoms with Gasteiger partial charge in [-0.2, -0.15) is 13.7 Å². The molecule has 71 heavy (non-hydrogen) atoms.